The van der Waals surface area contributed by atoms with Crippen molar-refractivity contribution in [1.29, 1.82) is 5.26 Å². The van der Waals surface area contributed by atoms with Gasteiger partial charge in [0, 0.05) is 45.3 Å². The average Bonchev–Trinajstić information content (AvgIpc) is 3.21. The maximum Gasteiger partial charge on any atom is 0.270 e. The van der Waals surface area contributed by atoms with Crippen molar-refractivity contribution < 1.29 is 4.79 Å². The number of hydrogen-bond donors (Lipinski definition) is 0. The largest absolute Gasteiger partial charge is 0.355 e. The van der Waals surface area contributed by atoms with Crippen LogP contribution < -0.4 is 10.5 Å². The Morgan fingerprint density at radius 3 is 2.13 bits per heavy atom. The quantitative estimate of drug-likeness (QED) is 0.332. The Balaban J connectivity index is 1.45. The van der Waals surface area contributed by atoms with E-state index in [1.165, 1.54) is 17.3 Å². The fraction of sp³-hybridized carbons (Fsp3) is 0.267. The van der Waals surface area contributed by atoms with Gasteiger partial charge in [-0.2, -0.15) is 5.26 Å². The van der Waals surface area contributed by atoms with Gasteiger partial charge < -0.3 is 4.90 Å². The number of nitriles is 1. The second-order valence-electron chi connectivity index (χ2n) is 9.72. The predicted octanol–water partition coefficient (Wildman–Crippen LogP) is 4.29. The van der Waals surface area contributed by atoms with Gasteiger partial charge in [0.2, 0.25) is 0 Å². The minimum Gasteiger partial charge on any atom is -0.355 e. The molecule has 5 rings (SSSR count). The lowest BCUT2D eigenvalue weighted by Crippen LogP contribution is -2.48. The highest BCUT2D eigenvalue weighted by Gasteiger charge is 2.33. The van der Waals surface area contributed by atoms with Crippen LogP contribution in [0.15, 0.2) is 70.4 Å². The normalized spacial score (nSPS) is 17.2. The number of amides is 1. The number of hydrogen-bond acceptors (Lipinski definition) is 7. The van der Waals surface area contributed by atoms with Crippen molar-refractivity contribution in [2.75, 3.05) is 31.1 Å². The van der Waals surface area contributed by atoms with Crippen molar-refractivity contribution in [3.8, 4) is 6.07 Å². The van der Waals surface area contributed by atoms with Crippen LogP contribution in [0, 0.1) is 18.3 Å². The number of pyridine rings is 1. The standard InChI is InChI=1S/C30H29N5O2S2/c1-21-24(17-26-29(37)35(30(38)39-26)20-23-11-7-4-8-12-23)27(32(2)28(36)25(21)18-31)34-15-13-33(14-16-34)19-22-9-5-3-6-10-22/h3-12,17H,13-16,19-20H2,1-2H3/b26-17-. The fourth-order valence-corrected chi connectivity index (χ4v) is 6.32. The van der Waals surface area contributed by atoms with Gasteiger partial charge >= 0.3 is 0 Å². The minimum atomic E-state index is -0.328. The molecule has 0 atom stereocenters. The molecule has 2 aliphatic heterocycles. The lowest BCUT2D eigenvalue weighted by atomic mass is 10.0. The zero-order valence-corrected chi connectivity index (χ0v) is 23.6. The van der Waals surface area contributed by atoms with Crippen LogP contribution >= 0.6 is 24.0 Å². The van der Waals surface area contributed by atoms with E-state index in [-0.39, 0.29) is 17.0 Å². The van der Waals surface area contributed by atoms with Crippen LogP contribution in [0.4, 0.5) is 5.82 Å². The van der Waals surface area contributed by atoms with E-state index in [1.807, 2.05) is 42.5 Å². The van der Waals surface area contributed by atoms with Crippen molar-refractivity contribution in [3.05, 3.63) is 104 Å². The molecule has 2 aromatic carbocycles. The fourth-order valence-electron chi connectivity index (χ4n) is 5.09. The molecule has 9 heteroatoms. The van der Waals surface area contributed by atoms with Gasteiger partial charge in [-0.05, 0) is 29.7 Å². The first-order valence-electron chi connectivity index (χ1n) is 12.8. The second-order valence-corrected chi connectivity index (χ2v) is 11.4. The number of benzene rings is 2. The van der Waals surface area contributed by atoms with Crippen LogP contribution in [-0.2, 0) is 24.9 Å². The number of nitrogens with zero attached hydrogens (tertiary/aromatic N) is 5. The first kappa shape index (κ1) is 26.9. The predicted molar refractivity (Wildman–Crippen MR) is 160 cm³/mol. The Morgan fingerprint density at radius 2 is 1.54 bits per heavy atom. The third-order valence-electron chi connectivity index (χ3n) is 7.22. The molecule has 1 amide bonds. The summed E-state index contributed by atoms with van der Waals surface area (Å²) in [6.07, 6.45) is 1.81. The SMILES string of the molecule is Cc1c(/C=C2\SC(=S)N(Cc3ccccc3)C2=O)c(N2CCN(Cc3ccccc3)CC2)n(C)c(=O)c1C#N. The maximum absolute atomic E-state index is 13.4. The molecule has 0 aliphatic carbocycles. The lowest BCUT2D eigenvalue weighted by Gasteiger charge is -2.37. The zero-order chi connectivity index (χ0) is 27.5. The Morgan fingerprint density at radius 1 is 0.949 bits per heavy atom. The van der Waals surface area contributed by atoms with Crippen molar-refractivity contribution >= 4 is 46.1 Å². The summed E-state index contributed by atoms with van der Waals surface area (Å²) in [5, 5.41) is 9.78. The van der Waals surface area contributed by atoms with E-state index in [4.69, 9.17) is 12.2 Å². The van der Waals surface area contributed by atoms with E-state index in [1.54, 1.807) is 23.4 Å². The Bertz CT molecular complexity index is 1540. The zero-order valence-electron chi connectivity index (χ0n) is 22.0. The summed E-state index contributed by atoms with van der Waals surface area (Å²) in [6.45, 7) is 6.17. The number of carbonyl (C=O) groups excluding carboxylic acids is 1. The van der Waals surface area contributed by atoms with Gasteiger partial charge in [0.1, 0.15) is 21.8 Å². The molecule has 0 unspecified atom stereocenters. The molecular formula is C30H29N5O2S2. The molecule has 198 valence electrons. The van der Waals surface area contributed by atoms with Crippen LogP contribution in [0.3, 0.4) is 0 Å². The van der Waals surface area contributed by atoms with Crippen LogP contribution in [0.1, 0.15) is 27.8 Å². The molecule has 0 N–H and O–H groups in total. The molecule has 7 nitrogen and oxygen atoms in total. The van der Waals surface area contributed by atoms with Crippen LogP contribution in [-0.4, -0.2) is 50.8 Å². The molecule has 3 heterocycles. The molecule has 2 saturated heterocycles. The van der Waals surface area contributed by atoms with Crippen molar-refractivity contribution in [1.82, 2.24) is 14.4 Å². The average molecular weight is 556 g/mol. The van der Waals surface area contributed by atoms with Gasteiger partial charge in [0.15, 0.2) is 0 Å². The topological polar surface area (TPSA) is 72.6 Å². The Labute approximate surface area is 237 Å². The van der Waals surface area contributed by atoms with E-state index in [0.29, 0.717) is 26.9 Å². The number of aromatic nitrogens is 1. The Kier molecular flexibility index (Phi) is 7.98. The summed E-state index contributed by atoms with van der Waals surface area (Å²) < 4.78 is 2.05. The van der Waals surface area contributed by atoms with Crippen LogP contribution in [0.5, 0.6) is 0 Å². The van der Waals surface area contributed by atoms with Crippen molar-refractivity contribution in [2.45, 2.75) is 20.0 Å². The third kappa shape index (κ3) is 5.55. The van der Waals surface area contributed by atoms with Gasteiger partial charge in [-0.1, -0.05) is 84.6 Å². The molecular weight excluding hydrogens is 526 g/mol. The third-order valence-corrected chi connectivity index (χ3v) is 8.60. The molecule has 39 heavy (non-hydrogen) atoms. The van der Waals surface area contributed by atoms with Gasteiger partial charge in [-0.3, -0.25) is 24.0 Å². The number of piperazine rings is 1. The molecule has 2 aliphatic rings. The van der Waals surface area contributed by atoms with Crippen LogP contribution in [0.25, 0.3) is 6.08 Å². The Hall–Kier alpha value is -3.71. The number of thiocarbonyl (C=S) groups is 1. The molecule has 0 spiro atoms. The van der Waals surface area contributed by atoms with Gasteiger partial charge in [0.25, 0.3) is 11.5 Å². The summed E-state index contributed by atoms with van der Waals surface area (Å²) in [7, 11) is 1.70. The molecule has 3 aromatic rings. The maximum atomic E-state index is 13.4. The first-order valence-corrected chi connectivity index (χ1v) is 14.0. The summed E-state index contributed by atoms with van der Waals surface area (Å²) in [5.74, 6) is 0.559. The number of carbonyl (C=O) groups is 1. The smallest absolute Gasteiger partial charge is 0.270 e. The summed E-state index contributed by atoms with van der Waals surface area (Å²) in [4.78, 5) is 33.3. The van der Waals surface area contributed by atoms with E-state index in [0.717, 1.165) is 44.1 Å². The summed E-state index contributed by atoms with van der Waals surface area (Å²) >= 11 is 6.82. The number of anilines is 1. The highest BCUT2D eigenvalue weighted by atomic mass is 32.2. The summed E-state index contributed by atoms with van der Waals surface area (Å²) in [5.41, 5.74) is 3.32. The van der Waals surface area contributed by atoms with Gasteiger partial charge in [0.05, 0.1) is 11.4 Å². The summed E-state index contributed by atoms with van der Waals surface area (Å²) in [6, 6.07) is 22.2. The van der Waals surface area contributed by atoms with E-state index in [9.17, 15) is 14.9 Å². The van der Waals surface area contributed by atoms with E-state index >= 15 is 0 Å². The van der Waals surface area contributed by atoms with Gasteiger partial charge in [-0.25, -0.2) is 0 Å². The minimum absolute atomic E-state index is 0.0926. The highest BCUT2D eigenvalue weighted by Crippen LogP contribution is 2.36. The number of rotatable bonds is 6. The second kappa shape index (κ2) is 11.6. The van der Waals surface area contributed by atoms with Crippen molar-refractivity contribution in [3.63, 3.8) is 0 Å². The van der Waals surface area contributed by atoms with Crippen molar-refractivity contribution in [2.24, 2.45) is 7.05 Å². The van der Waals surface area contributed by atoms with E-state index < -0.39 is 0 Å². The molecule has 0 saturated carbocycles. The lowest BCUT2D eigenvalue weighted by molar-refractivity contribution is -0.122. The molecule has 0 bridgehead atoms. The monoisotopic (exact) mass is 555 g/mol. The van der Waals surface area contributed by atoms with Crippen LogP contribution in [0.2, 0.25) is 0 Å². The molecule has 1 aromatic heterocycles. The molecule has 0 radical (unpaired) electrons. The number of thioether (sulfide) groups is 1. The molecule has 2 fully saturated rings. The highest BCUT2D eigenvalue weighted by molar-refractivity contribution is 8.26. The van der Waals surface area contributed by atoms with Gasteiger partial charge in [-0.15, -0.1) is 0 Å². The first-order chi connectivity index (χ1) is 18.9. The van der Waals surface area contributed by atoms with E-state index in [2.05, 4.69) is 40.1 Å².